The number of nitrogens with zero attached hydrogens (tertiary/aromatic N) is 3. The molecule has 168 valence electrons. The van der Waals surface area contributed by atoms with Crippen LogP contribution in [0.1, 0.15) is 47.2 Å². The monoisotopic (exact) mass is 451 g/mol. The molecular weight excluding hydrogens is 422 g/mol. The Hall–Kier alpha value is -3.13. The summed E-state index contributed by atoms with van der Waals surface area (Å²) < 4.78 is 1.84. The summed E-state index contributed by atoms with van der Waals surface area (Å²) >= 11 is 1.31. The van der Waals surface area contributed by atoms with E-state index in [1.54, 1.807) is 12.1 Å². The summed E-state index contributed by atoms with van der Waals surface area (Å²) in [6.45, 7) is 8.05. The van der Waals surface area contributed by atoms with E-state index in [1.165, 1.54) is 11.8 Å². The Morgan fingerprint density at radius 3 is 2.31 bits per heavy atom. The SMILES string of the molecule is Cc1cc(C)cc(NC(=O)CSc2nnc([C@@H](NC(=O)c3ccccc3)C(C)C)n2C)c1. The molecule has 0 unspecified atom stereocenters. The zero-order valence-electron chi connectivity index (χ0n) is 19.0. The smallest absolute Gasteiger partial charge is 0.251 e. The second kappa shape index (κ2) is 10.5. The summed E-state index contributed by atoms with van der Waals surface area (Å²) in [5, 5.41) is 15.2. The highest BCUT2D eigenvalue weighted by Crippen LogP contribution is 2.24. The van der Waals surface area contributed by atoms with Gasteiger partial charge < -0.3 is 15.2 Å². The maximum absolute atomic E-state index is 12.7. The van der Waals surface area contributed by atoms with E-state index < -0.39 is 0 Å². The van der Waals surface area contributed by atoms with Crippen molar-refractivity contribution in [3.63, 3.8) is 0 Å². The van der Waals surface area contributed by atoms with Crippen molar-refractivity contribution in [1.82, 2.24) is 20.1 Å². The number of hydrogen-bond acceptors (Lipinski definition) is 5. The number of carbonyl (C=O) groups is 2. The minimum atomic E-state index is -0.307. The third-order valence-electron chi connectivity index (χ3n) is 4.97. The van der Waals surface area contributed by atoms with E-state index in [0.29, 0.717) is 16.5 Å². The second-order valence-electron chi connectivity index (χ2n) is 8.17. The van der Waals surface area contributed by atoms with Crippen LogP contribution in [0.3, 0.4) is 0 Å². The van der Waals surface area contributed by atoms with Crippen molar-refractivity contribution in [3.8, 4) is 0 Å². The molecule has 3 aromatic rings. The molecule has 0 aliphatic heterocycles. The van der Waals surface area contributed by atoms with Crippen LogP contribution in [0.2, 0.25) is 0 Å². The first-order chi connectivity index (χ1) is 15.2. The Labute approximate surface area is 193 Å². The van der Waals surface area contributed by atoms with Crippen molar-refractivity contribution in [1.29, 1.82) is 0 Å². The van der Waals surface area contributed by atoms with E-state index in [4.69, 9.17) is 0 Å². The molecule has 2 amide bonds. The highest BCUT2D eigenvalue weighted by atomic mass is 32.2. The van der Waals surface area contributed by atoms with Gasteiger partial charge in [0, 0.05) is 18.3 Å². The van der Waals surface area contributed by atoms with Gasteiger partial charge in [0.25, 0.3) is 5.91 Å². The van der Waals surface area contributed by atoms with E-state index in [9.17, 15) is 9.59 Å². The van der Waals surface area contributed by atoms with Crippen molar-refractivity contribution in [3.05, 3.63) is 71.0 Å². The summed E-state index contributed by atoms with van der Waals surface area (Å²) in [7, 11) is 1.85. The van der Waals surface area contributed by atoms with Gasteiger partial charge in [-0.15, -0.1) is 10.2 Å². The molecule has 8 heteroatoms. The van der Waals surface area contributed by atoms with Gasteiger partial charge in [-0.3, -0.25) is 9.59 Å². The van der Waals surface area contributed by atoms with E-state index in [1.807, 2.05) is 69.6 Å². The van der Waals surface area contributed by atoms with Crippen LogP contribution in [0.4, 0.5) is 5.69 Å². The number of amides is 2. The first kappa shape index (κ1) is 23.5. The molecule has 0 fully saturated rings. The number of benzene rings is 2. The van der Waals surface area contributed by atoms with Crippen LogP contribution in [0.25, 0.3) is 0 Å². The number of rotatable bonds is 8. The largest absolute Gasteiger partial charge is 0.342 e. The van der Waals surface area contributed by atoms with Gasteiger partial charge in [0.15, 0.2) is 11.0 Å². The summed E-state index contributed by atoms with van der Waals surface area (Å²) in [5.74, 6) is 0.705. The first-order valence-corrected chi connectivity index (χ1v) is 11.5. The molecule has 0 aliphatic carbocycles. The van der Waals surface area contributed by atoms with Gasteiger partial charge in [0.2, 0.25) is 5.91 Å². The van der Waals surface area contributed by atoms with Crippen molar-refractivity contribution in [2.24, 2.45) is 13.0 Å². The van der Waals surface area contributed by atoms with Gasteiger partial charge in [-0.25, -0.2) is 0 Å². The molecule has 1 heterocycles. The molecule has 0 aliphatic rings. The number of hydrogen-bond donors (Lipinski definition) is 2. The fraction of sp³-hybridized carbons (Fsp3) is 0.333. The van der Waals surface area contributed by atoms with Crippen molar-refractivity contribution >= 4 is 29.3 Å². The quantitative estimate of drug-likeness (QED) is 0.499. The maximum atomic E-state index is 12.7. The van der Waals surface area contributed by atoms with Gasteiger partial charge in [0.1, 0.15) is 0 Å². The Morgan fingerprint density at radius 2 is 1.69 bits per heavy atom. The lowest BCUT2D eigenvalue weighted by Gasteiger charge is -2.21. The minimum Gasteiger partial charge on any atom is -0.342 e. The summed E-state index contributed by atoms with van der Waals surface area (Å²) in [5.41, 5.74) is 3.58. The summed E-state index contributed by atoms with van der Waals surface area (Å²) in [6, 6.07) is 14.7. The molecule has 0 spiro atoms. The number of nitrogens with one attached hydrogen (secondary N) is 2. The average Bonchev–Trinajstić information content (AvgIpc) is 3.10. The van der Waals surface area contributed by atoms with Gasteiger partial charge in [-0.05, 0) is 55.2 Å². The summed E-state index contributed by atoms with van der Waals surface area (Å²) in [6.07, 6.45) is 0. The molecule has 0 radical (unpaired) electrons. The Balaban J connectivity index is 1.66. The molecule has 3 rings (SSSR count). The molecule has 1 atom stereocenters. The molecule has 2 N–H and O–H groups in total. The topological polar surface area (TPSA) is 88.9 Å². The van der Waals surface area contributed by atoms with Crippen LogP contribution in [-0.4, -0.2) is 32.3 Å². The lowest BCUT2D eigenvalue weighted by Crippen LogP contribution is -2.33. The molecule has 0 bridgehead atoms. The van der Waals surface area contributed by atoms with Gasteiger partial charge in [0.05, 0.1) is 11.8 Å². The zero-order chi connectivity index (χ0) is 23.3. The van der Waals surface area contributed by atoms with Crippen molar-refractivity contribution in [2.75, 3.05) is 11.1 Å². The molecule has 0 saturated heterocycles. The second-order valence-corrected chi connectivity index (χ2v) is 9.12. The van der Waals surface area contributed by atoms with Crippen LogP contribution in [-0.2, 0) is 11.8 Å². The van der Waals surface area contributed by atoms with Gasteiger partial charge in [-0.2, -0.15) is 0 Å². The highest BCUT2D eigenvalue weighted by molar-refractivity contribution is 7.99. The van der Waals surface area contributed by atoms with Crippen LogP contribution < -0.4 is 10.6 Å². The predicted molar refractivity (Wildman–Crippen MR) is 128 cm³/mol. The van der Waals surface area contributed by atoms with E-state index >= 15 is 0 Å². The Morgan fingerprint density at radius 1 is 1.03 bits per heavy atom. The first-order valence-electron chi connectivity index (χ1n) is 10.5. The number of anilines is 1. The average molecular weight is 452 g/mol. The third kappa shape index (κ3) is 5.97. The Bertz CT molecular complexity index is 1070. The van der Waals surface area contributed by atoms with Crippen LogP contribution in [0, 0.1) is 19.8 Å². The van der Waals surface area contributed by atoms with E-state index in [-0.39, 0.29) is 29.5 Å². The van der Waals surface area contributed by atoms with Crippen LogP contribution >= 0.6 is 11.8 Å². The fourth-order valence-electron chi connectivity index (χ4n) is 3.44. The maximum Gasteiger partial charge on any atom is 0.251 e. The van der Waals surface area contributed by atoms with E-state index in [2.05, 4.69) is 26.9 Å². The highest BCUT2D eigenvalue weighted by Gasteiger charge is 2.25. The standard InChI is InChI=1S/C24H29N5O2S/c1-15(2)21(26-23(31)18-9-7-6-8-10-18)22-27-28-24(29(22)5)32-14-20(30)25-19-12-16(3)11-17(4)13-19/h6-13,15,21H,14H2,1-5H3,(H,25,30)(H,26,31)/t21-/m0/s1. The third-order valence-corrected chi connectivity index (χ3v) is 5.99. The lowest BCUT2D eigenvalue weighted by molar-refractivity contribution is -0.113. The van der Waals surface area contributed by atoms with Gasteiger partial charge in [-0.1, -0.05) is 49.9 Å². The number of aryl methyl sites for hydroxylation is 2. The number of carbonyl (C=O) groups excluding carboxylic acids is 2. The normalized spacial score (nSPS) is 11.9. The van der Waals surface area contributed by atoms with Crippen molar-refractivity contribution < 1.29 is 9.59 Å². The van der Waals surface area contributed by atoms with Crippen LogP contribution in [0.5, 0.6) is 0 Å². The van der Waals surface area contributed by atoms with Gasteiger partial charge >= 0.3 is 0 Å². The molecular formula is C24H29N5O2S. The molecule has 1 aromatic heterocycles. The molecule has 2 aromatic carbocycles. The van der Waals surface area contributed by atoms with Crippen molar-refractivity contribution in [2.45, 2.75) is 38.9 Å². The molecule has 0 saturated carbocycles. The predicted octanol–water partition coefficient (Wildman–Crippen LogP) is 4.29. The lowest BCUT2D eigenvalue weighted by atomic mass is 10.0. The Kier molecular flexibility index (Phi) is 7.69. The molecule has 32 heavy (non-hydrogen) atoms. The zero-order valence-corrected chi connectivity index (χ0v) is 19.9. The van der Waals surface area contributed by atoms with E-state index in [0.717, 1.165) is 16.8 Å². The number of aromatic nitrogens is 3. The number of thioether (sulfide) groups is 1. The molecule has 7 nitrogen and oxygen atoms in total. The van der Waals surface area contributed by atoms with Crippen LogP contribution in [0.15, 0.2) is 53.7 Å². The fourth-order valence-corrected chi connectivity index (χ4v) is 4.16. The minimum absolute atomic E-state index is 0.108. The summed E-state index contributed by atoms with van der Waals surface area (Å²) in [4.78, 5) is 25.1.